The third-order valence-electron chi connectivity index (χ3n) is 14.4. The lowest BCUT2D eigenvalue weighted by Gasteiger charge is -2.28. The van der Waals surface area contributed by atoms with E-state index in [4.69, 9.17) is 8.83 Å². The zero-order valence-corrected chi connectivity index (χ0v) is 39.7. The number of aryl methyl sites for hydroxylation is 4. The van der Waals surface area contributed by atoms with Gasteiger partial charge in [-0.25, -0.2) is 0 Å². The molecule has 11 aromatic rings. The number of nitrogens with zero attached hydrogens (tertiary/aromatic N) is 2. The van der Waals surface area contributed by atoms with Crippen molar-refractivity contribution >= 4 is 99.5 Å². The molecule has 0 atom stereocenters. The van der Waals surface area contributed by atoms with Gasteiger partial charge in [0.1, 0.15) is 11.2 Å². The maximum Gasteiger partial charge on any atom is 0.178 e. The molecule has 0 aliphatic carbocycles. The zero-order valence-electron chi connectivity index (χ0n) is 39.7. The summed E-state index contributed by atoms with van der Waals surface area (Å²) in [5.74, 6) is 0.841. The van der Waals surface area contributed by atoms with E-state index in [0.29, 0.717) is 11.8 Å². The zero-order chi connectivity index (χ0) is 45.7. The van der Waals surface area contributed by atoms with E-state index in [0.717, 1.165) is 99.5 Å². The molecule has 66 heavy (non-hydrogen) atoms. The van der Waals surface area contributed by atoms with Crippen LogP contribution in [0.4, 0.5) is 34.1 Å². The smallest absolute Gasteiger partial charge is 0.178 e. The van der Waals surface area contributed by atoms with Crippen LogP contribution in [0, 0.1) is 41.5 Å². The van der Waals surface area contributed by atoms with Crippen molar-refractivity contribution in [1.29, 1.82) is 0 Å². The van der Waals surface area contributed by atoms with Crippen LogP contribution >= 0.6 is 0 Å². The Morgan fingerprint density at radius 3 is 1.09 bits per heavy atom. The van der Waals surface area contributed by atoms with Crippen LogP contribution in [0.5, 0.6) is 0 Å². The molecular formula is C62H56N2O2. The maximum absolute atomic E-state index is 6.85. The summed E-state index contributed by atoms with van der Waals surface area (Å²) in [6, 6.07) is 54.1. The van der Waals surface area contributed by atoms with Crippen molar-refractivity contribution in [3.63, 3.8) is 0 Å². The number of hydrogen-bond donors (Lipinski definition) is 0. The molecule has 0 aliphatic heterocycles. The van der Waals surface area contributed by atoms with Crippen molar-refractivity contribution in [2.45, 2.75) is 81.1 Å². The number of fused-ring (bicyclic) bond motifs is 9. The molecule has 4 heteroatoms. The Morgan fingerprint density at radius 2 is 0.712 bits per heavy atom. The first-order valence-electron chi connectivity index (χ1n) is 23.4. The van der Waals surface area contributed by atoms with Gasteiger partial charge in [-0.3, -0.25) is 0 Å². The summed E-state index contributed by atoms with van der Waals surface area (Å²) in [4.78, 5) is 4.79. The van der Waals surface area contributed by atoms with E-state index >= 15 is 0 Å². The average Bonchev–Trinajstić information content (AvgIpc) is 3.86. The predicted octanol–water partition coefficient (Wildman–Crippen LogP) is 18.8. The lowest BCUT2D eigenvalue weighted by molar-refractivity contribution is 0.634. The lowest BCUT2D eigenvalue weighted by Crippen LogP contribution is -2.11. The summed E-state index contributed by atoms with van der Waals surface area (Å²) in [6.07, 6.45) is 0. The fraction of sp³-hybridized carbons (Fsp3) is 0.194. The molecule has 2 heterocycles. The van der Waals surface area contributed by atoms with Crippen LogP contribution in [-0.2, 0) is 0 Å². The maximum atomic E-state index is 6.85. The summed E-state index contributed by atoms with van der Waals surface area (Å²) in [5.41, 5.74) is 20.5. The minimum Gasteiger partial charge on any atom is -0.452 e. The predicted molar refractivity (Wildman–Crippen MR) is 282 cm³/mol. The quantitative estimate of drug-likeness (QED) is 0.152. The highest BCUT2D eigenvalue weighted by Gasteiger charge is 2.21. The largest absolute Gasteiger partial charge is 0.452 e. The van der Waals surface area contributed by atoms with E-state index in [9.17, 15) is 0 Å². The highest BCUT2D eigenvalue weighted by Crippen LogP contribution is 2.45. The molecule has 0 radical (unpaired) electrons. The van der Waals surface area contributed by atoms with Crippen LogP contribution in [-0.4, -0.2) is 0 Å². The van der Waals surface area contributed by atoms with Gasteiger partial charge < -0.3 is 18.6 Å². The van der Waals surface area contributed by atoms with Gasteiger partial charge in [0.25, 0.3) is 0 Å². The Hall–Kier alpha value is -7.30. The molecule has 0 amide bonds. The number of rotatable bonds is 8. The molecule has 0 bridgehead atoms. The fourth-order valence-corrected chi connectivity index (χ4v) is 10.0. The van der Waals surface area contributed by atoms with Gasteiger partial charge in [0, 0.05) is 55.7 Å². The van der Waals surface area contributed by atoms with Crippen LogP contribution in [0.1, 0.15) is 84.0 Å². The molecule has 0 saturated heterocycles. The molecule has 0 N–H and O–H groups in total. The third kappa shape index (κ3) is 6.90. The van der Waals surface area contributed by atoms with Gasteiger partial charge in [-0.2, -0.15) is 0 Å². The van der Waals surface area contributed by atoms with Crippen molar-refractivity contribution in [2.75, 3.05) is 9.80 Å². The normalized spacial score (nSPS) is 12.1. The topological polar surface area (TPSA) is 32.8 Å². The van der Waals surface area contributed by atoms with Gasteiger partial charge in [-0.05, 0) is 229 Å². The first-order valence-corrected chi connectivity index (χ1v) is 23.4. The van der Waals surface area contributed by atoms with E-state index in [1.54, 1.807) is 0 Å². The molecule has 4 nitrogen and oxygen atoms in total. The van der Waals surface area contributed by atoms with E-state index < -0.39 is 0 Å². The van der Waals surface area contributed by atoms with Crippen LogP contribution in [0.15, 0.2) is 154 Å². The van der Waals surface area contributed by atoms with Crippen LogP contribution in [0.3, 0.4) is 0 Å². The molecular weight excluding hydrogens is 805 g/mol. The second kappa shape index (κ2) is 15.7. The lowest BCUT2D eigenvalue weighted by atomic mass is 9.99. The first-order chi connectivity index (χ1) is 31.8. The molecule has 2 aromatic heterocycles. The average molecular weight is 861 g/mol. The number of furan rings is 2. The Bertz CT molecular complexity index is 3460. The highest BCUT2D eigenvalue weighted by molar-refractivity contribution is 6.21. The Labute approximate surface area is 387 Å². The molecule has 0 unspecified atom stereocenters. The van der Waals surface area contributed by atoms with Crippen LogP contribution in [0.25, 0.3) is 65.4 Å². The Kier molecular flexibility index (Phi) is 9.85. The van der Waals surface area contributed by atoms with Crippen molar-refractivity contribution in [1.82, 2.24) is 0 Å². The second-order valence-electron chi connectivity index (χ2n) is 19.4. The second-order valence-corrected chi connectivity index (χ2v) is 19.4. The molecule has 0 saturated carbocycles. The summed E-state index contributed by atoms with van der Waals surface area (Å²) >= 11 is 0. The molecule has 9 aromatic carbocycles. The standard InChI is InChI=1S/C62H56N2O2/c1-35(2)43-13-11-15-49(27-43)63(53-23-37(5)41(9)38(6)24-53)51-19-17-45-31-57-55-21-22-56-58-32-46-18-20-52(30-48(46)34-60(58)66-62(56)61(55)65-59(57)33-47(45)29-51)64(50-16-12-14-44(28-50)36(3)4)54-25-39(7)42(10)40(8)26-54/h11-36H,1-10H3. The van der Waals surface area contributed by atoms with Gasteiger partial charge in [-0.15, -0.1) is 0 Å². The van der Waals surface area contributed by atoms with Crippen molar-refractivity contribution in [3.05, 3.63) is 190 Å². The summed E-state index contributed by atoms with van der Waals surface area (Å²) in [6.45, 7) is 22.3. The van der Waals surface area contributed by atoms with Gasteiger partial charge in [0.05, 0.1) is 0 Å². The Morgan fingerprint density at radius 1 is 0.333 bits per heavy atom. The summed E-state index contributed by atoms with van der Waals surface area (Å²) < 4.78 is 13.7. The van der Waals surface area contributed by atoms with Crippen molar-refractivity contribution in [3.8, 4) is 0 Å². The minimum absolute atomic E-state index is 0.420. The van der Waals surface area contributed by atoms with E-state index in [2.05, 4.69) is 225 Å². The van der Waals surface area contributed by atoms with Crippen molar-refractivity contribution in [2.24, 2.45) is 0 Å². The minimum atomic E-state index is 0.420. The molecule has 11 rings (SSSR count). The summed E-state index contributed by atoms with van der Waals surface area (Å²) in [5, 5.41) is 8.82. The number of hydrogen-bond acceptors (Lipinski definition) is 4. The van der Waals surface area contributed by atoms with Crippen molar-refractivity contribution < 1.29 is 8.83 Å². The Balaban J connectivity index is 1.03. The van der Waals surface area contributed by atoms with E-state index in [1.165, 1.54) is 44.5 Å². The molecule has 0 aliphatic rings. The van der Waals surface area contributed by atoms with Gasteiger partial charge >= 0.3 is 0 Å². The molecule has 0 fully saturated rings. The fourth-order valence-electron chi connectivity index (χ4n) is 10.0. The molecule has 0 spiro atoms. The van der Waals surface area contributed by atoms with Crippen LogP contribution < -0.4 is 9.80 Å². The highest BCUT2D eigenvalue weighted by atomic mass is 16.4. The first kappa shape index (κ1) is 41.4. The van der Waals surface area contributed by atoms with E-state index in [-0.39, 0.29) is 0 Å². The monoisotopic (exact) mass is 860 g/mol. The number of anilines is 6. The molecule has 326 valence electrons. The van der Waals surface area contributed by atoms with Gasteiger partial charge in [0.15, 0.2) is 11.2 Å². The van der Waals surface area contributed by atoms with E-state index in [1.807, 2.05) is 0 Å². The number of benzene rings is 9. The summed E-state index contributed by atoms with van der Waals surface area (Å²) in [7, 11) is 0. The third-order valence-corrected chi connectivity index (χ3v) is 14.4. The SMILES string of the molecule is Cc1cc(N(c2cccc(C(C)C)c2)c2ccc3cc4c(cc3c2)oc2c4ccc3c4cc5ccc(N(c6cccc(C(C)C)c6)c6cc(C)c(C)c(C)c6)cc5cc4oc32)cc(C)c1C. The van der Waals surface area contributed by atoms with Crippen LogP contribution in [0.2, 0.25) is 0 Å². The van der Waals surface area contributed by atoms with Gasteiger partial charge in [-0.1, -0.05) is 64.1 Å². The van der Waals surface area contributed by atoms with Gasteiger partial charge in [0.2, 0.25) is 0 Å².